The summed E-state index contributed by atoms with van der Waals surface area (Å²) in [6.45, 7) is 8.31. The molecule has 312 valence electrons. The number of thiophene rings is 1. The second-order valence-corrected chi connectivity index (χ2v) is 19.0. The quantitative estimate of drug-likeness (QED) is 0.0369. The van der Waals surface area contributed by atoms with E-state index in [1.165, 1.54) is 166 Å². The van der Waals surface area contributed by atoms with Crippen molar-refractivity contribution >= 4 is 108 Å². The van der Waals surface area contributed by atoms with Gasteiger partial charge in [-0.25, -0.2) is 0 Å². The molecule has 0 aliphatic heterocycles. The van der Waals surface area contributed by atoms with Crippen molar-refractivity contribution in [3.8, 4) is 21.9 Å². The number of aryl methyl sites for hydroxylation is 1. The van der Waals surface area contributed by atoms with Crippen molar-refractivity contribution in [1.82, 2.24) is 11.0 Å². The summed E-state index contributed by atoms with van der Waals surface area (Å²) in [5, 5.41) is 22.4. The monoisotopic (exact) mass is 832 g/mol. The van der Waals surface area contributed by atoms with Gasteiger partial charge in [-0.3, -0.25) is 0 Å². The van der Waals surface area contributed by atoms with Gasteiger partial charge in [0.15, 0.2) is 11.5 Å². The minimum absolute atomic E-state index is 0.712. The fourth-order valence-electron chi connectivity index (χ4n) is 10.5. The normalized spacial score (nSPS) is 12.5. The van der Waals surface area contributed by atoms with Crippen LogP contribution in [0.3, 0.4) is 0 Å². The standard InChI is InChI=1S/C57H56N2O2S/c1-4-6-8-10-12-14-28-58-60-48-32-39-30-45-41-24-20-37-22-26-43-47-34-50(36-18-16-35(3)17-19-36)62-57(47)44-27-23-38-21-25-42(54-52(38)56(44)55(43)51(37)53(41)54)46(45)31-40(39)33-49(48)61-59-29-15-13-11-9-7-5-2/h16-27,30-34,58-59H,4-15,28-29H2,1-3H3. The van der Waals surface area contributed by atoms with Crippen LogP contribution < -0.4 is 20.6 Å². The van der Waals surface area contributed by atoms with E-state index in [0.29, 0.717) is 11.5 Å². The van der Waals surface area contributed by atoms with E-state index in [-0.39, 0.29) is 0 Å². The zero-order chi connectivity index (χ0) is 41.7. The van der Waals surface area contributed by atoms with Crippen molar-refractivity contribution in [1.29, 1.82) is 0 Å². The van der Waals surface area contributed by atoms with Crippen molar-refractivity contribution in [2.24, 2.45) is 0 Å². The second-order valence-electron chi connectivity index (χ2n) is 17.9. The van der Waals surface area contributed by atoms with Crippen molar-refractivity contribution in [2.75, 3.05) is 13.1 Å². The van der Waals surface area contributed by atoms with E-state index in [1.54, 1.807) is 0 Å². The molecule has 1 aromatic heterocycles. The van der Waals surface area contributed by atoms with Gasteiger partial charge in [0.05, 0.1) is 0 Å². The van der Waals surface area contributed by atoms with Crippen LogP contribution in [0.25, 0.3) is 107 Å². The van der Waals surface area contributed by atoms with Crippen molar-refractivity contribution in [3.05, 3.63) is 109 Å². The Bertz CT molecular complexity index is 3150. The summed E-state index contributed by atoms with van der Waals surface area (Å²) < 4.78 is 1.38. The molecular weight excluding hydrogens is 777 g/mol. The van der Waals surface area contributed by atoms with Gasteiger partial charge in [0, 0.05) is 38.8 Å². The second kappa shape index (κ2) is 16.7. The van der Waals surface area contributed by atoms with Crippen LogP contribution in [-0.2, 0) is 0 Å². The van der Waals surface area contributed by atoms with Gasteiger partial charge in [-0.1, -0.05) is 156 Å². The molecule has 0 aliphatic rings. The highest BCUT2D eigenvalue weighted by atomic mass is 32.1. The highest BCUT2D eigenvalue weighted by Crippen LogP contribution is 2.54. The molecular formula is C57H56N2O2S. The summed E-state index contributed by atoms with van der Waals surface area (Å²) in [5.74, 6) is 1.42. The molecule has 11 aromatic rings. The molecule has 2 N–H and O–H groups in total. The molecule has 0 amide bonds. The highest BCUT2D eigenvalue weighted by Gasteiger charge is 2.25. The molecule has 0 radical (unpaired) electrons. The number of nitrogens with one attached hydrogen (secondary N) is 2. The van der Waals surface area contributed by atoms with Crippen molar-refractivity contribution < 1.29 is 9.68 Å². The van der Waals surface area contributed by atoms with E-state index < -0.39 is 0 Å². The third-order valence-electron chi connectivity index (χ3n) is 13.7. The predicted octanol–water partition coefficient (Wildman–Crippen LogP) is 16.9. The van der Waals surface area contributed by atoms with Crippen LogP contribution in [0.1, 0.15) is 96.5 Å². The van der Waals surface area contributed by atoms with E-state index in [9.17, 15) is 0 Å². The Kier molecular flexibility index (Phi) is 10.6. The maximum absolute atomic E-state index is 6.36. The maximum atomic E-state index is 6.36. The minimum Gasteiger partial charge on any atom is -0.405 e. The Morgan fingerprint density at radius 2 is 0.855 bits per heavy atom. The van der Waals surface area contributed by atoms with Crippen LogP contribution in [0.5, 0.6) is 11.5 Å². The van der Waals surface area contributed by atoms with Crippen LogP contribution >= 0.6 is 11.3 Å². The summed E-state index contributed by atoms with van der Waals surface area (Å²) in [4.78, 5) is 14.0. The Balaban J connectivity index is 1.06. The van der Waals surface area contributed by atoms with E-state index in [4.69, 9.17) is 9.68 Å². The third kappa shape index (κ3) is 6.72. The Morgan fingerprint density at radius 1 is 0.403 bits per heavy atom. The number of unbranched alkanes of at least 4 members (excludes halogenated alkanes) is 10. The van der Waals surface area contributed by atoms with E-state index >= 15 is 0 Å². The molecule has 0 aliphatic carbocycles. The molecule has 5 heteroatoms. The maximum Gasteiger partial charge on any atom is 0.192 e. The van der Waals surface area contributed by atoms with Crippen LogP contribution in [-0.4, -0.2) is 13.1 Å². The van der Waals surface area contributed by atoms with Crippen LogP contribution in [0.4, 0.5) is 0 Å². The Labute approximate surface area is 368 Å². The molecule has 0 saturated heterocycles. The number of hydrogen-bond donors (Lipinski definition) is 2. The van der Waals surface area contributed by atoms with Gasteiger partial charge in [0.1, 0.15) is 0 Å². The molecule has 0 fully saturated rings. The molecule has 62 heavy (non-hydrogen) atoms. The van der Waals surface area contributed by atoms with E-state index in [2.05, 4.69) is 135 Å². The third-order valence-corrected chi connectivity index (χ3v) is 14.9. The largest absolute Gasteiger partial charge is 0.405 e. The van der Waals surface area contributed by atoms with Gasteiger partial charge < -0.3 is 9.68 Å². The molecule has 10 aromatic carbocycles. The molecule has 0 spiro atoms. The van der Waals surface area contributed by atoms with Crippen molar-refractivity contribution in [3.63, 3.8) is 0 Å². The first-order valence-corrected chi connectivity index (χ1v) is 24.3. The van der Waals surface area contributed by atoms with E-state index in [1.807, 2.05) is 11.3 Å². The lowest BCUT2D eigenvalue weighted by Crippen LogP contribution is -2.23. The molecule has 0 bridgehead atoms. The SMILES string of the molecule is CCCCCCCCNOc1cc2cc3c(cc2cc1ONCCCCCCCC)c1ccc2ccc4c5sc(-c6ccc(C)cc6)cc5c5ccc6ccc3c3c6c5c4c2c13. The zero-order valence-corrected chi connectivity index (χ0v) is 37.3. The Morgan fingerprint density at radius 3 is 1.37 bits per heavy atom. The van der Waals surface area contributed by atoms with Gasteiger partial charge in [-0.05, 0) is 131 Å². The van der Waals surface area contributed by atoms with Crippen LogP contribution in [0, 0.1) is 6.92 Å². The van der Waals surface area contributed by atoms with Gasteiger partial charge in [-0.2, -0.15) is 11.0 Å². The molecule has 0 atom stereocenters. The zero-order valence-electron chi connectivity index (χ0n) is 36.4. The fraction of sp³-hybridized carbons (Fsp3) is 0.298. The summed E-state index contributed by atoms with van der Waals surface area (Å²) >= 11 is 1.93. The molecule has 0 unspecified atom stereocenters. The average Bonchev–Trinajstić information content (AvgIpc) is 3.75. The van der Waals surface area contributed by atoms with E-state index in [0.717, 1.165) is 36.7 Å². The molecule has 4 nitrogen and oxygen atoms in total. The minimum atomic E-state index is 0.712. The highest BCUT2D eigenvalue weighted by molar-refractivity contribution is 7.23. The van der Waals surface area contributed by atoms with Gasteiger partial charge in [0.25, 0.3) is 0 Å². The van der Waals surface area contributed by atoms with Gasteiger partial charge >= 0.3 is 0 Å². The molecule has 0 saturated carbocycles. The number of rotatable bonds is 19. The van der Waals surface area contributed by atoms with Gasteiger partial charge in [0.2, 0.25) is 0 Å². The Hall–Kier alpha value is -5.46. The first-order chi connectivity index (χ1) is 30.6. The summed E-state index contributed by atoms with van der Waals surface area (Å²) in [7, 11) is 0. The number of hydroxylamine groups is 2. The lowest BCUT2D eigenvalue weighted by molar-refractivity contribution is 0.153. The first-order valence-electron chi connectivity index (χ1n) is 23.4. The fourth-order valence-corrected chi connectivity index (χ4v) is 11.7. The first kappa shape index (κ1) is 39.4. The smallest absolute Gasteiger partial charge is 0.192 e. The lowest BCUT2D eigenvalue weighted by Gasteiger charge is -2.23. The lowest BCUT2D eigenvalue weighted by atomic mass is 9.80. The van der Waals surface area contributed by atoms with Crippen molar-refractivity contribution in [2.45, 2.75) is 97.8 Å². The van der Waals surface area contributed by atoms with Crippen LogP contribution in [0.15, 0.2) is 103 Å². The summed E-state index contributed by atoms with van der Waals surface area (Å²) in [5.41, 5.74) is 9.15. The predicted molar refractivity (Wildman–Crippen MR) is 270 cm³/mol. The number of fused-ring (bicyclic) bond motifs is 7. The summed E-state index contributed by atoms with van der Waals surface area (Å²) in [6, 6.07) is 39.6. The molecule has 1 heterocycles. The average molecular weight is 833 g/mol. The number of hydrogen-bond acceptors (Lipinski definition) is 5. The topological polar surface area (TPSA) is 42.5 Å². The number of benzene rings is 10. The van der Waals surface area contributed by atoms with Crippen LogP contribution in [0.2, 0.25) is 0 Å². The summed E-state index contributed by atoms with van der Waals surface area (Å²) in [6.07, 6.45) is 14.9. The van der Waals surface area contributed by atoms with Gasteiger partial charge in [-0.15, -0.1) is 11.3 Å². The molecule has 11 rings (SSSR count).